The predicted molar refractivity (Wildman–Crippen MR) is 192 cm³/mol. The van der Waals surface area contributed by atoms with Crippen molar-refractivity contribution in [3.05, 3.63) is 34.4 Å². The number of aliphatic hydroxyl groups excluding tert-OH is 1. The Bertz CT molecular complexity index is 1160. The van der Waals surface area contributed by atoms with E-state index in [2.05, 4.69) is 109 Å². The third kappa shape index (κ3) is 14.3. The molecule has 1 aromatic rings. The Labute approximate surface area is 291 Å². The number of benzene rings is 1. The summed E-state index contributed by atoms with van der Waals surface area (Å²) in [6, 6.07) is 5.27. The molecule has 1 aromatic carbocycles. The number of nitro groups is 1. The van der Waals surface area contributed by atoms with Crippen LogP contribution < -0.4 is 4.74 Å². The molecule has 48 heavy (non-hydrogen) atoms. The maximum Gasteiger partial charge on any atom is 0.513 e. The van der Waals surface area contributed by atoms with Crippen LogP contribution in [0.3, 0.4) is 0 Å². The average molecular weight is 681 g/mol. The normalized spacial score (nSPS) is 14.9. The first-order chi connectivity index (χ1) is 21.6. The van der Waals surface area contributed by atoms with Crippen LogP contribution >= 0.6 is 0 Å². The summed E-state index contributed by atoms with van der Waals surface area (Å²) in [6.07, 6.45) is 2.29. The summed E-state index contributed by atoms with van der Waals surface area (Å²) in [5.41, 5.74) is -1.34. The van der Waals surface area contributed by atoms with E-state index >= 15 is 0 Å². The molecule has 0 aliphatic rings. The van der Waals surface area contributed by atoms with Crippen molar-refractivity contribution in [2.24, 2.45) is 21.7 Å². The number of carbonyl (C=O) groups is 1. The zero-order valence-corrected chi connectivity index (χ0v) is 32.8. The summed E-state index contributed by atoms with van der Waals surface area (Å²) < 4.78 is 23.7. The van der Waals surface area contributed by atoms with E-state index in [1.165, 1.54) is 24.3 Å². The van der Waals surface area contributed by atoms with Gasteiger partial charge in [0.2, 0.25) is 0 Å². The molecule has 0 saturated carbocycles. The molecule has 0 saturated heterocycles. The van der Waals surface area contributed by atoms with Crippen molar-refractivity contribution in [1.29, 1.82) is 0 Å². The molecule has 10 heteroatoms. The van der Waals surface area contributed by atoms with Crippen LogP contribution in [0.25, 0.3) is 0 Å². The smallest absolute Gasteiger partial charge is 0.434 e. The average Bonchev–Trinajstić information content (AvgIpc) is 2.86. The lowest BCUT2D eigenvalue weighted by Gasteiger charge is -2.45. The van der Waals surface area contributed by atoms with Gasteiger partial charge in [0, 0.05) is 31.8 Å². The second-order valence-electron chi connectivity index (χ2n) is 17.7. The minimum absolute atomic E-state index is 0.00151. The molecule has 0 aliphatic carbocycles. The molecule has 0 bridgehead atoms. The van der Waals surface area contributed by atoms with Gasteiger partial charge in [0.1, 0.15) is 5.75 Å². The topological polar surface area (TPSA) is 121 Å². The largest absolute Gasteiger partial charge is 0.513 e. The van der Waals surface area contributed by atoms with Crippen molar-refractivity contribution in [2.75, 3.05) is 33.4 Å². The lowest BCUT2D eigenvalue weighted by molar-refractivity contribution is -0.384. The van der Waals surface area contributed by atoms with E-state index in [1.807, 2.05) is 0 Å². The summed E-state index contributed by atoms with van der Waals surface area (Å²) in [7, 11) is 2.19. The Balaban J connectivity index is 2.64. The van der Waals surface area contributed by atoms with Gasteiger partial charge in [0.25, 0.3) is 5.69 Å². The molecule has 2 atom stereocenters. The molecule has 10 nitrogen and oxygen atoms in total. The van der Waals surface area contributed by atoms with Crippen molar-refractivity contribution in [1.82, 2.24) is 4.90 Å². The van der Waals surface area contributed by atoms with Gasteiger partial charge in [0.05, 0.1) is 34.9 Å². The zero-order valence-electron chi connectivity index (χ0n) is 32.8. The molecule has 0 aliphatic heterocycles. The number of carbonyl (C=O) groups excluding carboxylic acids is 1. The second-order valence-corrected chi connectivity index (χ2v) is 17.7. The minimum atomic E-state index is -0.853. The van der Waals surface area contributed by atoms with Gasteiger partial charge in [-0.25, -0.2) is 4.79 Å². The first-order valence-electron chi connectivity index (χ1n) is 17.4. The lowest BCUT2D eigenvalue weighted by Crippen LogP contribution is -2.46. The standard InChI is InChI=1S/C38H68N2O8/c1-28(47-37(11,12)35(7,8)20-22-41)24-33(3,4)26-39(15)27-34(5,6)25-29(2)48-38(13,14)36(9,10)21-23-45-32(42)46-31-18-16-30(17-19-31)40(43)44/h16-19,28-29,41H,20-27H2,1-15H3. The van der Waals surface area contributed by atoms with Crippen LogP contribution in [0, 0.1) is 31.8 Å². The highest BCUT2D eigenvalue weighted by molar-refractivity contribution is 5.63. The molecule has 0 spiro atoms. The van der Waals surface area contributed by atoms with Crippen LogP contribution in [0.2, 0.25) is 0 Å². The molecule has 2 unspecified atom stereocenters. The number of hydrogen-bond acceptors (Lipinski definition) is 9. The number of nitro benzene ring substituents is 1. The van der Waals surface area contributed by atoms with Gasteiger partial charge in [-0.05, 0) is 108 Å². The van der Waals surface area contributed by atoms with Gasteiger partial charge in [-0.2, -0.15) is 0 Å². The Morgan fingerprint density at radius 1 is 0.792 bits per heavy atom. The zero-order chi connectivity index (χ0) is 37.4. The van der Waals surface area contributed by atoms with Crippen molar-refractivity contribution in [3.8, 4) is 5.75 Å². The van der Waals surface area contributed by atoms with E-state index in [4.69, 9.17) is 18.9 Å². The van der Waals surface area contributed by atoms with Crippen molar-refractivity contribution < 1.29 is 33.8 Å². The Morgan fingerprint density at radius 2 is 1.21 bits per heavy atom. The fourth-order valence-electron chi connectivity index (χ4n) is 6.64. The Hall–Kier alpha value is -2.27. The number of aliphatic hydroxyl groups is 1. The highest BCUT2D eigenvalue weighted by Crippen LogP contribution is 2.41. The molecule has 1 N–H and O–H groups in total. The predicted octanol–water partition coefficient (Wildman–Crippen LogP) is 9.07. The number of rotatable bonds is 21. The van der Waals surface area contributed by atoms with Crippen LogP contribution in [0.5, 0.6) is 5.75 Å². The van der Waals surface area contributed by atoms with E-state index in [1.54, 1.807) is 0 Å². The summed E-state index contributed by atoms with van der Waals surface area (Å²) >= 11 is 0. The highest BCUT2D eigenvalue weighted by atomic mass is 16.7. The van der Waals surface area contributed by atoms with Crippen molar-refractivity contribution >= 4 is 11.8 Å². The molecule has 278 valence electrons. The molecule has 1 rings (SSSR count). The van der Waals surface area contributed by atoms with E-state index in [0.29, 0.717) is 12.8 Å². The summed E-state index contributed by atoms with van der Waals surface area (Å²) in [5.74, 6) is 0.182. The fraction of sp³-hybridized carbons (Fsp3) is 0.816. The molecule has 0 amide bonds. The first-order valence-corrected chi connectivity index (χ1v) is 17.4. The summed E-state index contributed by atoms with van der Waals surface area (Å²) in [5, 5.41) is 20.3. The maximum atomic E-state index is 12.2. The molecule has 0 heterocycles. The summed E-state index contributed by atoms with van der Waals surface area (Å²) in [4.78, 5) is 24.9. The van der Waals surface area contributed by atoms with E-state index in [0.717, 1.165) is 25.9 Å². The van der Waals surface area contributed by atoms with Crippen LogP contribution in [-0.4, -0.2) is 77.8 Å². The second kappa shape index (κ2) is 17.1. The minimum Gasteiger partial charge on any atom is -0.434 e. The van der Waals surface area contributed by atoms with Crippen LogP contribution in [0.4, 0.5) is 10.5 Å². The van der Waals surface area contributed by atoms with Crippen LogP contribution in [0.15, 0.2) is 24.3 Å². The van der Waals surface area contributed by atoms with Gasteiger partial charge in [0.15, 0.2) is 0 Å². The summed E-state index contributed by atoms with van der Waals surface area (Å²) in [6.45, 7) is 32.6. The number of nitrogens with zero attached hydrogens (tertiary/aromatic N) is 2. The number of non-ortho nitro benzene ring substituents is 1. The molecule has 0 radical (unpaired) electrons. The number of hydrogen-bond donors (Lipinski definition) is 1. The Kier molecular flexibility index (Phi) is 15.6. The highest BCUT2D eigenvalue weighted by Gasteiger charge is 2.41. The molecular formula is C38H68N2O8. The van der Waals surface area contributed by atoms with Gasteiger partial charge in [-0.15, -0.1) is 0 Å². The number of ether oxygens (including phenoxy) is 4. The molecular weight excluding hydrogens is 612 g/mol. The third-order valence-corrected chi connectivity index (χ3v) is 10.3. The van der Waals surface area contributed by atoms with Crippen molar-refractivity contribution in [2.45, 2.75) is 146 Å². The van der Waals surface area contributed by atoms with Crippen molar-refractivity contribution in [3.63, 3.8) is 0 Å². The molecule has 0 fully saturated rings. The van der Waals surface area contributed by atoms with E-state index in [9.17, 15) is 20.0 Å². The lowest BCUT2D eigenvalue weighted by atomic mass is 9.74. The van der Waals surface area contributed by atoms with E-state index < -0.39 is 16.7 Å². The van der Waals surface area contributed by atoms with E-state index in [-0.39, 0.29) is 64.1 Å². The van der Waals surface area contributed by atoms with Gasteiger partial charge < -0.3 is 29.0 Å². The van der Waals surface area contributed by atoms with Crippen LogP contribution in [-0.2, 0) is 14.2 Å². The quantitative estimate of drug-likeness (QED) is 0.0587. The fourth-order valence-corrected chi connectivity index (χ4v) is 6.64. The van der Waals surface area contributed by atoms with Crippen LogP contribution in [0.1, 0.15) is 123 Å². The first kappa shape index (κ1) is 43.8. The van der Waals surface area contributed by atoms with Gasteiger partial charge in [-0.3, -0.25) is 10.1 Å². The molecule has 0 aromatic heterocycles. The SMILES string of the molecule is CC(CC(C)(C)CN(C)CC(C)(C)CC(C)OC(C)(C)C(C)(C)CCOC(=O)Oc1ccc([N+](=O)[O-])cc1)OC(C)(C)C(C)(C)CCO. The maximum absolute atomic E-state index is 12.2. The van der Waals surface area contributed by atoms with Gasteiger partial charge in [-0.1, -0.05) is 55.4 Å². The monoisotopic (exact) mass is 680 g/mol. The Morgan fingerprint density at radius 3 is 1.60 bits per heavy atom. The van der Waals surface area contributed by atoms with Gasteiger partial charge >= 0.3 is 6.16 Å². The third-order valence-electron chi connectivity index (χ3n) is 10.3.